The number of rotatable bonds is 25. The molecule has 0 aliphatic carbocycles. The Labute approximate surface area is 190 Å². The van der Waals surface area contributed by atoms with Crippen LogP contribution < -0.4 is 0 Å². The van der Waals surface area contributed by atoms with Gasteiger partial charge in [0.1, 0.15) is 5.78 Å². The van der Waals surface area contributed by atoms with Crippen molar-refractivity contribution in [3.63, 3.8) is 0 Å². The van der Waals surface area contributed by atoms with Crippen LogP contribution in [-0.4, -0.2) is 17.0 Å². The van der Waals surface area contributed by atoms with Gasteiger partial charge in [-0.3, -0.25) is 4.79 Å². The van der Waals surface area contributed by atoms with E-state index in [1.54, 1.807) is 0 Å². The van der Waals surface area contributed by atoms with E-state index in [0.29, 0.717) is 25.0 Å². The lowest BCUT2D eigenvalue weighted by atomic mass is 10.0. The summed E-state index contributed by atoms with van der Waals surface area (Å²) in [5.74, 6) is 0.310. The third-order valence-electron chi connectivity index (χ3n) is 6.43. The number of Topliss-reactive ketones (excluding diaryl/α,β-unsaturated/α-hetero) is 1. The summed E-state index contributed by atoms with van der Waals surface area (Å²) >= 11 is 0. The van der Waals surface area contributed by atoms with E-state index in [0.717, 1.165) is 19.3 Å². The van der Waals surface area contributed by atoms with Crippen LogP contribution in [0.2, 0.25) is 0 Å². The van der Waals surface area contributed by atoms with Crippen molar-refractivity contribution in [3.05, 3.63) is 0 Å². The second-order valence-electron chi connectivity index (χ2n) is 9.63. The normalized spacial score (nSPS) is 12.4. The number of carbonyl (C=O) groups is 1. The maximum Gasteiger partial charge on any atom is 0.132 e. The van der Waals surface area contributed by atoms with Gasteiger partial charge in [0, 0.05) is 12.8 Å². The van der Waals surface area contributed by atoms with Gasteiger partial charge in [0.2, 0.25) is 0 Å². The number of aliphatic hydroxyl groups excluding tert-OH is 1. The number of aliphatic hydroxyl groups is 1. The van der Waals surface area contributed by atoms with Crippen LogP contribution in [0.5, 0.6) is 0 Å². The smallest absolute Gasteiger partial charge is 0.132 e. The molecule has 2 nitrogen and oxygen atoms in total. The SMILES string of the molecule is CCCCCCCCCCCCCCCCCCCCCC(O)CCC(=O)CCC. The molecule has 180 valence electrons. The second kappa shape index (κ2) is 24.9. The van der Waals surface area contributed by atoms with Crippen molar-refractivity contribution in [1.82, 2.24) is 0 Å². The highest BCUT2D eigenvalue weighted by molar-refractivity contribution is 5.78. The first-order chi connectivity index (χ1) is 14.7. The Kier molecular flexibility index (Phi) is 24.6. The lowest BCUT2D eigenvalue weighted by molar-refractivity contribution is -0.119. The van der Waals surface area contributed by atoms with Crippen LogP contribution in [0.3, 0.4) is 0 Å². The minimum absolute atomic E-state index is 0.267. The summed E-state index contributed by atoms with van der Waals surface area (Å²) in [6.45, 7) is 4.32. The number of carbonyl (C=O) groups excluding carboxylic acids is 1. The number of hydrogen-bond acceptors (Lipinski definition) is 2. The van der Waals surface area contributed by atoms with Gasteiger partial charge in [0.05, 0.1) is 6.10 Å². The van der Waals surface area contributed by atoms with Crippen molar-refractivity contribution in [3.8, 4) is 0 Å². The molecule has 30 heavy (non-hydrogen) atoms. The van der Waals surface area contributed by atoms with Crippen LogP contribution in [0, 0.1) is 0 Å². The molecule has 1 unspecified atom stereocenters. The highest BCUT2D eigenvalue weighted by atomic mass is 16.3. The largest absolute Gasteiger partial charge is 0.393 e. The van der Waals surface area contributed by atoms with E-state index in [9.17, 15) is 9.90 Å². The Morgan fingerprint density at radius 2 is 0.867 bits per heavy atom. The first kappa shape index (κ1) is 29.6. The van der Waals surface area contributed by atoms with Crippen LogP contribution in [0.15, 0.2) is 0 Å². The van der Waals surface area contributed by atoms with Crippen molar-refractivity contribution in [2.24, 2.45) is 0 Å². The zero-order chi connectivity index (χ0) is 22.1. The van der Waals surface area contributed by atoms with Gasteiger partial charge in [0.25, 0.3) is 0 Å². The van der Waals surface area contributed by atoms with Gasteiger partial charge < -0.3 is 5.11 Å². The van der Waals surface area contributed by atoms with E-state index in [2.05, 4.69) is 6.92 Å². The van der Waals surface area contributed by atoms with Gasteiger partial charge in [-0.15, -0.1) is 0 Å². The number of hydrogen-bond donors (Lipinski definition) is 1. The standard InChI is InChI=1S/C28H56O2/c1-3-5-6-7-8-9-10-11-12-13-14-15-16-17-18-19-20-21-22-24-28(30)26-25-27(29)23-4-2/h28,30H,3-26H2,1-2H3. The van der Waals surface area contributed by atoms with Gasteiger partial charge in [0.15, 0.2) is 0 Å². The van der Waals surface area contributed by atoms with Crippen LogP contribution in [-0.2, 0) is 4.79 Å². The quantitative estimate of drug-likeness (QED) is 0.148. The molecule has 1 atom stereocenters. The molecule has 0 bridgehead atoms. The van der Waals surface area contributed by atoms with E-state index < -0.39 is 0 Å². The summed E-state index contributed by atoms with van der Waals surface area (Å²) < 4.78 is 0. The lowest BCUT2D eigenvalue weighted by Gasteiger charge is -2.09. The summed E-state index contributed by atoms with van der Waals surface area (Å²) in [4.78, 5) is 11.5. The summed E-state index contributed by atoms with van der Waals surface area (Å²) in [6.07, 6.45) is 29.9. The first-order valence-electron chi connectivity index (χ1n) is 13.9. The maximum absolute atomic E-state index is 11.5. The van der Waals surface area contributed by atoms with E-state index in [-0.39, 0.29) is 6.10 Å². The topological polar surface area (TPSA) is 37.3 Å². The van der Waals surface area contributed by atoms with Crippen molar-refractivity contribution in [2.75, 3.05) is 0 Å². The Balaban J connectivity index is 3.13. The summed E-state index contributed by atoms with van der Waals surface area (Å²) in [5.41, 5.74) is 0. The Hall–Kier alpha value is -0.370. The molecule has 0 radical (unpaired) electrons. The fourth-order valence-electron chi connectivity index (χ4n) is 4.33. The van der Waals surface area contributed by atoms with Crippen LogP contribution >= 0.6 is 0 Å². The minimum atomic E-state index is -0.267. The second-order valence-corrected chi connectivity index (χ2v) is 9.63. The highest BCUT2D eigenvalue weighted by Gasteiger charge is 2.07. The molecule has 1 N–H and O–H groups in total. The molecule has 0 aliphatic heterocycles. The fourth-order valence-corrected chi connectivity index (χ4v) is 4.33. The van der Waals surface area contributed by atoms with Crippen LogP contribution in [0.25, 0.3) is 0 Å². The molecule has 0 heterocycles. The molecular weight excluding hydrogens is 368 g/mol. The van der Waals surface area contributed by atoms with E-state index in [4.69, 9.17) is 0 Å². The Morgan fingerprint density at radius 1 is 0.500 bits per heavy atom. The minimum Gasteiger partial charge on any atom is -0.393 e. The Morgan fingerprint density at radius 3 is 1.23 bits per heavy atom. The van der Waals surface area contributed by atoms with Gasteiger partial charge in [-0.2, -0.15) is 0 Å². The van der Waals surface area contributed by atoms with E-state index in [1.165, 1.54) is 116 Å². The molecule has 0 spiro atoms. The van der Waals surface area contributed by atoms with Gasteiger partial charge in [-0.05, 0) is 19.3 Å². The maximum atomic E-state index is 11.5. The number of unbranched alkanes of at least 4 members (excludes halogenated alkanes) is 18. The molecule has 0 aliphatic rings. The van der Waals surface area contributed by atoms with Crippen LogP contribution in [0.1, 0.15) is 168 Å². The van der Waals surface area contributed by atoms with E-state index in [1.807, 2.05) is 6.92 Å². The zero-order valence-electron chi connectivity index (χ0n) is 20.9. The molecule has 0 fully saturated rings. The van der Waals surface area contributed by atoms with Crippen molar-refractivity contribution in [1.29, 1.82) is 0 Å². The Bertz CT molecular complexity index is 340. The van der Waals surface area contributed by atoms with Crippen LogP contribution in [0.4, 0.5) is 0 Å². The molecule has 0 saturated heterocycles. The predicted molar refractivity (Wildman–Crippen MR) is 133 cm³/mol. The molecule has 0 saturated carbocycles. The average molecular weight is 425 g/mol. The monoisotopic (exact) mass is 424 g/mol. The lowest BCUT2D eigenvalue weighted by Crippen LogP contribution is -2.09. The fraction of sp³-hybridized carbons (Fsp3) is 0.964. The first-order valence-corrected chi connectivity index (χ1v) is 13.9. The molecule has 0 aromatic carbocycles. The highest BCUT2D eigenvalue weighted by Crippen LogP contribution is 2.15. The van der Waals surface area contributed by atoms with Crippen molar-refractivity contribution >= 4 is 5.78 Å². The molecule has 2 heteroatoms. The average Bonchev–Trinajstić information content (AvgIpc) is 2.74. The molecule has 0 aromatic rings. The molecule has 0 amide bonds. The third kappa shape index (κ3) is 23.9. The molecular formula is C28H56O2. The van der Waals surface area contributed by atoms with Gasteiger partial charge in [-0.1, -0.05) is 136 Å². The zero-order valence-corrected chi connectivity index (χ0v) is 20.9. The van der Waals surface area contributed by atoms with E-state index >= 15 is 0 Å². The summed E-state index contributed by atoms with van der Waals surface area (Å²) in [5, 5.41) is 9.96. The summed E-state index contributed by atoms with van der Waals surface area (Å²) in [7, 11) is 0. The third-order valence-corrected chi connectivity index (χ3v) is 6.43. The predicted octanol–water partition coefficient (Wildman–Crippen LogP) is 9.32. The number of ketones is 1. The molecule has 0 rings (SSSR count). The van der Waals surface area contributed by atoms with Crippen molar-refractivity contribution < 1.29 is 9.90 Å². The summed E-state index contributed by atoms with van der Waals surface area (Å²) in [6, 6.07) is 0. The molecule has 0 aromatic heterocycles. The van der Waals surface area contributed by atoms with Gasteiger partial charge in [-0.25, -0.2) is 0 Å². The van der Waals surface area contributed by atoms with Crippen molar-refractivity contribution in [2.45, 2.75) is 174 Å². The van der Waals surface area contributed by atoms with Gasteiger partial charge >= 0.3 is 0 Å².